The Morgan fingerprint density at radius 2 is 1.73 bits per heavy atom. The summed E-state index contributed by atoms with van der Waals surface area (Å²) < 4.78 is 5.39. The average Bonchev–Trinajstić information content (AvgIpc) is 2.37. The third-order valence-corrected chi connectivity index (χ3v) is 2.91. The van der Waals surface area contributed by atoms with E-state index in [0.717, 1.165) is 0 Å². The molecule has 5 N–H and O–H groups in total. The minimum absolute atomic E-state index is 0.0809. The number of benzene rings is 1. The molecule has 0 atom stereocenters. The van der Waals surface area contributed by atoms with Crippen molar-refractivity contribution in [1.29, 1.82) is 5.41 Å². The topological polar surface area (TPSA) is 100 Å². The van der Waals surface area contributed by atoms with Gasteiger partial charge >= 0.3 is 5.97 Å². The van der Waals surface area contributed by atoms with Gasteiger partial charge in [0, 0.05) is 12.2 Å². The van der Waals surface area contributed by atoms with Gasteiger partial charge < -0.3 is 21.1 Å². The van der Waals surface area contributed by atoms with Gasteiger partial charge in [0.15, 0.2) is 5.96 Å². The summed E-state index contributed by atoms with van der Waals surface area (Å²) in [6.07, 6.45) is 0. The molecule has 0 aliphatic rings. The van der Waals surface area contributed by atoms with Gasteiger partial charge in [-0.3, -0.25) is 5.41 Å². The van der Waals surface area contributed by atoms with E-state index < -0.39 is 5.54 Å². The molecule has 22 heavy (non-hydrogen) atoms. The molecule has 0 aliphatic heterocycles. The summed E-state index contributed by atoms with van der Waals surface area (Å²) in [6.45, 7) is 10.6. The van der Waals surface area contributed by atoms with Crippen molar-refractivity contribution in [3.05, 3.63) is 24.3 Å². The number of esters is 1. The van der Waals surface area contributed by atoms with Crippen molar-refractivity contribution in [1.82, 2.24) is 5.32 Å². The Balaban J connectivity index is 2.65. The van der Waals surface area contributed by atoms with Crippen LogP contribution in [-0.4, -0.2) is 24.0 Å². The third-order valence-electron chi connectivity index (χ3n) is 2.91. The van der Waals surface area contributed by atoms with E-state index in [1.54, 1.807) is 38.1 Å². The van der Waals surface area contributed by atoms with Crippen molar-refractivity contribution in [3.63, 3.8) is 0 Å². The first-order valence-corrected chi connectivity index (χ1v) is 7.18. The lowest BCUT2D eigenvalue weighted by Gasteiger charge is -2.28. The number of ether oxygens (including phenoxy) is 1. The molecule has 0 heterocycles. The number of nitrogens with two attached hydrogens (primary N) is 1. The van der Waals surface area contributed by atoms with Crippen molar-refractivity contribution in [2.75, 3.05) is 11.9 Å². The maximum absolute atomic E-state index is 12.3. The molecule has 0 bridgehead atoms. The number of anilines is 1. The Kier molecular flexibility index (Phi) is 5.54. The minimum atomic E-state index is -0.774. The summed E-state index contributed by atoms with van der Waals surface area (Å²) in [7, 11) is 0. The van der Waals surface area contributed by atoms with E-state index in [4.69, 9.17) is 15.9 Å². The van der Waals surface area contributed by atoms with Gasteiger partial charge in [0.05, 0.1) is 0 Å². The Morgan fingerprint density at radius 3 is 2.18 bits per heavy atom. The quantitative estimate of drug-likeness (QED) is 0.289. The minimum Gasteiger partial charge on any atom is -0.425 e. The fourth-order valence-corrected chi connectivity index (χ4v) is 1.55. The number of hydrogen-bond donors (Lipinski definition) is 4. The van der Waals surface area contributed by atoms with E-state index in [1.807, 2.05) is 0 Å². The van der Waals surface area contributed by atoms with Gasteiger partial charge in [0.2, 0.25) is 0 Å². The molecule has 6 heteroatoms. The van der Waals surface area contributed by atoms with Crippen molar-refractivity contribution < 1.29 is 9.53 Å². The molecule has 1 aromatic carbocycles. The van der Waals surface area contributed by atoms with Crippen LogP contribution in [0, 0.1) is 10.8 Å². The number of carbonyl (C=O) groups excluding carboxylic acids is 1. The third kappa shape index (κ3) is 6.13. The molecule has 1 rings (SSSR count). The normalized spacial score (nSPS) is 11.9. The molecular formula is C16H26N4O2. The molecule has 0 saturated carbocycles. The second-order valence-electron chi connectivity index (χ2n) is 6.99. The molecule has 0 saturated heterocycles. The zero-order chi connectivity index (χ0) is 17.0. The predicted octanol–water partition coefficient (Wildman–Crippen LogP) is 2.31. The zero-order valence-electron chi connectivity index (χ0n) is 13.9. The van der Waals surface area contributed by atoms with Crippen LogP contribution in [0.15, 0.2) is 24.3 Å². The van der Waals surface area contributed by atoms with Gasteiger partial charge in [-0.25, -0.2) is 4.79 Å². The highest BCUT2D eigenvalue weighted by atomic mass is 16.5. The lowest BCUT2D eigenvalue weighted by molar-refractivity contribution is -0.140. The fourth-order valence-electron chi connectivity index (χ4n) is 1.55. The van der Waals surface area contributed by atoms with Crippen molar-refractivity contribution >= 4 is 17.6 Å². The van der Waals surface area contributed by atoms with Gasteiger partial charge in [0.25, 0.3) is 0 Å². The van der Waals surface area contributed by atoms with Gasteiger partial charge in [-0.05, 0) is 43.5 Å². The Labute approximate surface area is 131 Å². The summed E-state index contributed by atoms with van der Waals surface area (Å²) in [6, 6.07) is 6.70. The molecule has 1 aromatic rings. The van der Waals surface area contributed by atoms with E-state index in [1.165, 1.54) is 0 Å². The molecular weight excluding hydrogens is 280 g/mol. The summed E-state index contributed by atoms with van der Waals surface area (Å²) in [5.74, 6) is -0.0361. The lowest BCUT2D eigenvalue weighted by Crippen LogP contribution is -2.51. The van der Waals surface area contributed by atoms with Gasteiger partial charge in [-0.15, -0.1) is 0 Å². The Bertz CT molecular complexity index is 530. The van der Waals surface area contributed by atoms with E-state index in [2.05, 4.69) is 31.4 Å². The first-order valence-electron chi connectivity index (χ1n) is 7.18. The molecule has 0 aromatic heterocycles. The number of guanidine groups is 1. The van der Waals surface area contributed by atoms with E-state index >= 15 is 0 Å². The Hall–Kier alpha value is -2.08. The first-order chi connectivity index (χ1) is 9.99. The van der Waals surface area contributed by atoms with Gasteiger partial charge in [0.1, 0.15) is 11.3 Å². The van der Waals surface area contributed by atoms with Crippen LogP contribution in [0.3, 0.4) is 0 Å². The molecule has 0 amide bonds. The van der Waals surface area contributed by atoms with Crippen LogP contribution in [-0.2, 0) is 4.79 Å². The highest BCUT2D eigenvalue weighted by Crippen LogP contribution is 2.19. The monoisotopic (exact) mass is 306 g/mol. The van der Waals surface area contributed by atoms with Gasteiger partial charge in [-0.1, -0.05) is 20.8 Å². The van der Waals surface area contributed by atoms with Crippen LogP contribution >= 0.6 is 0 Å². The largest absolute Gasteiger partial charge is 0.425 e. The maximum atomic E-state index is 12.3. The zero-order valence-corrected chi connectivity index (χ0v) is 13.9. The van der Waals surface area contributed by atoms with Crippen LogP contribution in [0.2, 0.25) is 0 Å². The maximum Gasteiger partial charge on any atom is 0.331 e. The van der Waals surface area contributed by atoms with Crippen molar-refractivity contribution in [3.8, 4) is 5.75 Å². The smallest absolute Gasteiger partial charge is 0.331 e. The van der Waals surface area contributed by atoms with Crippen molar-refractivity contribution in [2.45, 2.75) is 40.2 Å². The molecule has 0 unspecified atom stereocenters. The van der Waals surface area contributed by atoms with E-state index in [9.17, 15) is 4.79 Å². The standard InChI is InChI=1S/C16H26N4O2/c1-15(2,3)10-19-16(4,5)13(21)22-12-8-6-11(7-9-12)20-14(17)18/h6-9,19H,10H2,1-5H3,(H4,17,18,20). The first kappa shape index (κ1) is 18.0. The van der Waals surface area contributed by atoms with Crippen LogP contribution in [0.5, 0.6) is 5.75 Å². The SMILES string of the molecule is CC(C)(C)CNC(C)(C)C(=O)Oc1ccc(NC(=N)N)cc1. The molecule has 0 spiro atoms. The molecule has 0 fully saturated rings. The van der Waals surface area contributed by atoms with Crippen molar-refractivity contribution in [2.24, 2.45) is 11.1 Å². The average molecular weight is 306 g/mol. The van der Waals surface area contributed by atoms with Crippen LogP contribution in [0.4, 0.5) is 5.69 Å². The van der Waals surface area contributed by atoms with E-state index in [-0.39, 0.29) is 17.3 Å². The number of nitrogens with one attached hydrogen (secondary N) is 3. The van der Waals surface area contributed by atoms with E-state index in [0.29, 0.717) is 18.0 Å². The van der Waals surface area contributed by atoms with Gasteiger partial charge in [-0.2, -0.15) is 0 Å². The summed E-state index contributed by atoms with van der Waals surface area (Å²) in [5.41, 5.74) is 5.22. The number of hydrogen-bond acceptors (Lipinski definition) is 4. The Morgan fingerprint density at radius 1 is 1.18 bits per heavy atom. The highest BCUT2D eigenvalue weighted by molar-refractivity contribution is 5.89. The second-order valence-corrected chi connectivity index (χ2v) is 6.99. The summed E-state index contributed by atoms with van der Waals surface area (Å²) in [5, 5.41) is 13.0. The van der Waals surface area contributed by atoms with Crippen LogP contribution in [0.25, 0.3) is 0 Å². The highest BCUT2D eigenvalue weighted by Gasteiger charge is 2.30. The molecule has 122 valence electrons. The number of rotatable bonds is 5. The molecule has 0 aliphatic carbocycles. The summed E-state index contributed by atoms with van der Waals surface area (Å²) in [4.78, 5) is 12.3. The predicted molar refractivity (Wildman–Crippen MR) is 89.2 cm³/mol. The molecule has 0 radical (unpaired) electrons. The van der Waals surface area contributed by atoms with Crippen LogP contribution in [0.1, 0.15) is 34.6 Å². The molecule has 6 nitrogen and oxygen atoms in total. The number of carbonyl (C=O) groups is 1. The second kappa shape index (κ2) is 6.79. The van der Waals surface area contributed by atoms with Crippen LogP contribution < -0.4 is 21.1 Å². The summed E-state index contributed by atoms with van der Waals surface area (Å²) >= 11 is 0. The lowest BCUT2D eigenvalue weighted by atomic mass is 9.94. The fraction of sp³-hybridized carbons (Fsp3) is 0.500.